The summed E-state index contributed by atoms with van der Waals surface area (Å²) in [7, 11) is 0. The van der Waals surface area contributed by atoms with Gasteiger partial charge in [-0.05, 0) is 43.0 Å². The number of anilines is 1. The number of piperidine rings is 1. The fourth-order valence-corrected chi connectivity index (χ4v) is 3.47. The molecule has 142 valence electrons. The number of rotatable bonds is 5. The first-order chi connectivity index (χ1) is 13.2. The van der Waals surface area contributed by atoms with Crippen molar-refractivity contribution in [3.8, 4) is 0 Å². The Morgan fingerprint density at radius 2 is 1.89 bits per heavy atom. The molecule has 0 bridgehead atoms. The van der Waals surface area contributed by atoms with Crippen molar-refractivity contribution in [2.75, 3.05) is 18.8 Å². The second-order valence-corrected chi connectivity index (χ2v) is 6.69. The molecule has 0 aliphatic carbocycles. The molecular weight excluding hydrogens is 334 g/mol. The maximum Gasteiger partial charge on any atom is 0.0880 e. The Morgan fingerprint density at radius 1 is 1.07 bits per heavy atom. The van der Waals surface area contributed by atoms with E-state index < -0.39 is 0 Å². The summed E-state index contributed by atoms with van der Waals surface area (Å²) in [6, 6.07) is 6.19. The van der Waals surface area contributed by atoms with Crippen LogP contribution in [0.4, 0.5) is 5.69 Å². The molecule has 2 aliphatic rings. The number of hydrogen-bond acceptors (Lipinski definition) is 5. The van der Waals surface area contributed by atoms with Crippen molar-refractivity contribution in [1.29, 1.82) is 0 Å². The van der Waals surface area contributed by atoms with E-state index in [1.54, 1.807) is 0 Å². The third kappa shape index (κ3) is 4.44. The monoisotopic (exact) mass is 363 g/mol. The molecule has 3 rings (SSSR count). The zero-order valence-corrected chi connectivity index (χ0v) is 15.8. The van der Waals surface area contributed by atoms with Gasteiger partial charge in [0.05, 0.1) is 11.4 Å². The molecule has 2 aliphatic heterocycles. The van der Waals surface area contributed by atoms with E-state index in [2.05, 4.69) is 52.1 Å². The second-order valence-electron chi connectivity index (χ2n) is 6.69. The molecule has 0 unspecified atom stereocenters. The molecule has 4 N–H and O–H groups in total. The van der Waals surface area contributed by atoms with Gasteiger partial charge in [0.1, 0.15) is 0 Å². The average molecular weight is 364 g/mol. The molecule has 5 nitrogen and oxygen atoms in total. The Morgan fingerprint density at radius 3 is 2.63 bits per heavy atom. The molecule has 1 aromatic rings. The van der Waals surface area contributed by atoms with E-state index in [-0.39, 0.29) is 0 Å². The van der Waals surface area contributed by atoms with Crippen LogP contribution in [0.2, 0.25) is 0 Å². The van der Waals surface area contributed by atoms with Crippen molar-refractivity contribution >= 4 is 11.4 Å². The van der Waals surface area contributed by atoms with Gasteiger partial charge in [-0.15, -0.1) is 6.58 Å². The Bertz CT molecular complexity index is 769. The van der Waals surface area contributed by atoms with E-state index in [4.69, 9.17) is 5.73 Å². The fraction of sp³-hybridized carbons (Fsp3) is 0.273. The van der Waals surface area contributed by atoms with Gasteiger partial charge in [0.2, 0.25) is 0 Å². The van der Waals surface area contributed by atoms with Crippen LogP contribution in [0.5, 0.6) is 0 Å². The number of hydrazine groups is 1. The van der Waals surface area contributed by atoms with Crippen LogP contribution in [0, 0.1) is 0 Å². The highest BCUT2D eigenvalue weighted by molar-refractivity contribution is 5.72. The van der Waals surface area contributed by atoms with E-state index in [1.165, 1.54) is 19.3 Å². The number of hydrogen-bond donors (Lipinski definition) is 3. The Kier molecular flexibility index (Phi) is 6.39. The van der Waals surface area contributed by atoms with Gasteiger partial charge < -0.3 is 16.4 Å². The maximum absolute atomic E-state index is 6.17. The first-order valence-electron chi connectivity index (χ1n) is 9.49. The highest BCUT2D eigenvalue weighted by Gasteiger charge is 2.23. The second kappa shape index (κ2) is 9.14. The molecule has 1 saturated heterocycles. The van der Waals surface area contributed by atoms with Crippen molar-refractivity contribution in [2.24, 2.45) is 0 Å². The Balaban J connectivity index is 2.12. The summed E-state index contributed by atoms with van der Waals surface area (Å²) in [5.41, 5.74) is 11.1. The summed E-state index contributed by atoms with van der Waals surface area (Å²) in [5, 5.41) is 11.1. The van der Waals surface area contributed by atoms with Crippen molar-refractivity contribution in [1.82, 2.24) is 20.7 Å². The first kappa shape index (κ1) is 18.9. The van der Waals surface area contributed by atoms with Crippen LogP contribution in [0.15, 0.2) is 74.0 Å². The zero-order valence-electron chi connectivity index (χ0n) is 15.8. The van der Waals surface area contributed by atoms with Crippen LogP contribution in [0.1, 0.15) is 30.4 Å². The molecule has 0 amide bonds. The lowest BCUT2D eigenvalue weighted by atomic mass is 10.0. The van der Waals surface area contributed by atoms with Gasteiger partial charge in [-0.1, -0.05) is 25.1 Å². The summed E-state index contributed by atoms with van der Waals surface area (Å²) in [5.74, 6) is 0. The number of nitrogens with zero attached hydrogens (tertiary/aromatic N) is 2. The smallest absolute Gasteiger partial charge is 0.0880 e. The van der Waals surface area contributed by atoms with E-state index >= 15 is 0 Å². The lowest BCUT2D eigenvalue weighted by Gasteiger charge is -2.39. The van der Waals surface area contributed by atoms with Crippen molar-refractivity contribution in [3.63, 3.8) is 0 Å². The predicted octanol–water partition coefficient (Wildman–Crippen LogP) is 3.69. The Hall–Kier alpha value is -2.92. The predicted molar refractivity (Wildman–Crippen MR) is 114 cm³/mol. The maximum atomic E-state index is 6.17. The SMILES string of the molecule is C=CCc1cc(C2=C(C=C)NC=CNC=CN2N2CCCCC2)ccc1N. The lowest BCUT2D eigenvalue weighted by Crippen LogP contribution is -2.42. The minimum absolute atomic E-state index is 0.741. The number of nitrogens with one attached hydrogen (secondary N) is 2. The summed E-state index contributed by atoms with van der Waals surface area (Å²) >= 11 is 0. The van der Waals surface area contributed by atoms with Gasteiger partial charge >= 0.3 is 0 Å². The molecule has 1 aromatic carbocycles. The molecule has 0 atom stereocenters. The molecule has 1 fully saturated rings. The number of nitrogens with two attached hydrogens (primary N) is 1. The highest BCUT2D eigenvalue weighted by Crippen LogP contribution is 2.30. The summed E-state index contributed by atoms with van der Waals surface area (Å²) in [4.78, 5) is 0. The van der Waals surface area contributed by atoms with Crippen molar-refractivity contribution < 1.29 is 0 Å². The van der Waals surface area contributed by atoms with E-state index in [0.29, 0.717) is 0 Å². The van der Waals surface area contributed by atoms with Crippen LogP contribution in [0.25, 0.3) is 5.70 Å². The summed E-state index contributed by atoms with van der Waals surface area (Å²) in [6.45, 7) is 9.95. The van der Waals surface area contributed by atoms with E-state index in [9.17, 15) is 0 Å². The first-order valence-corrected chi connectivity index (χ1v) is 9.49. The minimum Gasteiger partial charge on any atom is -0.398 e. The van der Waals surface area contributed by atoms with Crippen LogP contribution < -0.4 is 16.4 Å². The lowest BCUT2D eigenvalue weighted by molar-refractivity contribution is 0.0558. The van der Waals surface area contributed by atoms with Crippen LogP contribution >= 0.6 is 0 Å². The van der Waals surface area contributed by atoms with Gasteiger partial charge in [-0.2, -0.15) is 0 Å². The Labute approximate surface area is 162 Å². The largest absolute Gasteiger partial charge is 0.398 e. The van der Waals surface area contributed by atoms with Gasteiger partial charge in [0, 0.05) is 49.1 Å². The molecule has 0 aromatic heterocycles. The summed E-state index contributed by atoms with van der Waals surface area (Å²) < 4.78 is 0. The third-order valence-electron chi connectivity index (χ3n) is 4.84. The molecular formula is C22H29N5. The third-order valence-corrected chi connectivity index (χ3v) is 4.84. The van der Waals surface area contributed by atoms with Gasteiger partial charge in [0.25, 0.3) is 0 Å². The highest BCUT2D eigenvalue weighted by atomic mass is 15.6. The molecule has 27 heavy (non-hydrogen) atoms. The molecule has 2 heterocycles. The van der Waals surface area contributed by atoms with Crippen molar-refractivity contribution in [2.45, 2.75) is 25.7 Å². The quantitative estimate of drug-likeness (QED) is 0.550. The number of nitrogen functional groups attached to an aromatic ring is 1. The van der Waals surface area contributed by atoms with Crippen LogP contribution in [-0.4, -0.2) is 23.1 Å². The minimum atomic E-state index is 0.741. The van der Waals surface area contributed by atoms with Gasteiger partial charge in [0.15, 0.2) is 0 Å². The standard InChI is InChI=1S/C22H29N5/c1-3-8-18-17-19(9-10-20(18)23)22-21(4-2)25-12-11-24-13-16-27(22)26-14-6-5-7-15-26/h3-4,9-13,16-17,24-25H,1-2,5-8,14-15,23H2. The average Bonchev–Trinajstić information content (AvgIpc) is 2.80. The van der Waals surface area contributed by atoms with E-state index in [1.807, 2.05) is 36.8 Å². The van der Waals surface area contributed by atoms with Gasteiger partial charge in [-0.3, -0.25) is 5.01 Å². The number of allylic oxidation sites excluding steroid dienone is 2. The summed E-state index contributed by atoms with van der Waals surface area (Å²) in [6.07, 6.45) is 15.9. The molecule has 0 radical (unpaired) electrons. The van der Waals surface area contributed by atoms with E-state index in [0.717, 1.165) is 47.7 Å². The zero-order chi connectivity index (χ0) is 19.1. The number of benzene rings is 1. The topological polar surface area (TPSA) is 56.6 Å². The normalized spacial score (nSPS) is 18.1. The fourth-order valence-electron chi connectivity index (χ4n) is 3.47. The van der Waals surface area contributed by atoms with Crippen molar-refractivity contribution in [3.05, 3.63) is 85.1 Å². The molecule has 5 heteroatoms. The van der Waals surface area contributed by atoms with Gasteiger partial charge in [-0.25, -0.2) is 5.01 Å². The van der Waals surface area contributed by atoms with Crippen LogP contribution in [0.3, 0.4) is 0 Å². The molecule has 0 spiro atoms. The van der Waals surface area contributed by atoms with Crippen LogP contribution in [-0.2, 0) is 6.42 Å². The molecule has 0 saturated carbocycles.